The smallest absolute Gasteiger partial charge is 0.389 e. The van der Waals surface area contributed by atoms with Crippen molar-refractivity contribution in [2.45, 2.75) is 58.2 Å². The van der Waals surface area contributed by atoms with Crippen molar-refractivity contribution in [3.63, 3.8) is 0 Å². The second-order valence-corrected chi connectivity index (χ2v) is 5.50. The zero-order valence-electron chi connectivity index (χ0n) is 11.4. The van der Waals surface area contributed by atoms with E-state index in [1.165, 1.54) is 7.11 Å². The monoisotopic (exact) mass is 269 g/mol. The molecule has 0 heterocycles. The number of hydrogen-bond acceptors (Lipinski definition) is 3. The number of carbonyl (C=O) groups excluding carboxylic acids is 1. The van der Waals surface area contributed by atoms with Gasteiger partial charge >= 0.3 is 12.1 Å². The average molecular weight is 269 g/mol. The first-order chi connectivity index (χ1) is 7.91. The van der Waals surface area contributed by atoms with Crippen LogP contribution >= 0.6 is 0 Å². The molecule has 0 spiro atoms. The molecule has 0 aliphatic carbocycles. The van der Waals surface area contributed by atoms with Gasteiger partial charge in [0, 0.05) is 12.0 Å². The first-order valence-electron chi connectivity index (χ1n) is 5.84. The van der Waals surface area contributed by atoms with E-state index < -0.39 is 29.5 Å². The average Bonchev–Trinajstić information content (AvgIpc) is 2.13. The van der Waals surface area contributed by atoms with Crippen LogP contribution in [0.5, 0.6) is 0 Å². The summed E-state index contributed by atoms with van der Waals surface area (Å²) in [6.45, 7) is 5.15. The maximum absolute atomic E-state index is 12.1. The molecule has 0 aliphatic heterocycles. The van der Waals surface area contributed by atoms with Crippen molar-refractivity contribution in [1.29, 1.82) is 0 Å². The highest BCUT2D eigenvalue weighted by Crippen LogP contribution is 2.39. The van der Waals surface area contributed by atoms with Gasteiger partial charge in [0.05, 0.1) is 13.5 Å². The maximum atomic E-state index is 12.1. The van der Waals surface area contributed by atoms with Crippen LogP contribution in [0.4, 0.5) is 13.2 Å². The number of hydrogen-bond donors (Lipinski definition) is 1. The van der Waals surface area contributed by atoms with Crippen LogP contribution in [-0.4, -0.2) is 24.8 Å². The summed E-state index contributed by atoms with van der Waals surface area (Å²) in [6, 6.07) is 0. The normalized spacial score (nSPS) is 16.2. The van der Waals surface area contributed by atoms with E-state index in [1.807, 2.05) is 0 Å². The lowest BCUT2D eigenvalue weighted by atomic mass is 9.68. The Bertz CT molecular complexity index is 284. The Morgan fingerprint density at radius 2 is 1.67 bits per heavy atom. The molecule has 0 saturated carbocycles. The number of esters is 1. The van der Waals surface area contributed by atoms with E-state index in [0.717, 1.165) is 0 Å². The van der Waals surface area contributed by atoms with Gasteiger partial charge in [-0.15, -0.1) is 0 Å². The predicted molar refractivity (Wildman–Crippen MR) is 62.9 cm³/mol. The van der Waals surface area contributed by atoms with Gasteiger partial charge in [-0.2, -0.15) is 13.2 Å². The van der Waals surface area contributed by atoms with Crippen molar-refractivity contribution in [2.75, 3.05) is 7.11 Å². The lowest BCUT2D eigenvalue weighted by Gasteiger charge is -2.41. The fourth-order valence-corrected chi connectivity index (χ4v) is 1.71. The van der Waals surface area contributed by atoms with Crippen LogP contribution in [0.3, 0.4) is 0 Å². The first kappa shape index (κ1) is 17.2. The van der Waals surface area contributed by atoms with Crippen molar-refractivity contribution in [1.82, 2.24) is 0 Å². The standard InChI is InChI=1S/C12H22F3NO2/c1-10(2,16)11(3,8-9(17)18-4)6-5-7-12(13,14)15/h5-8,16H2,1-4H3. The van der Waals surface area contributed by atoms with E-state index in [2.05, 4.69) is 4.74 Å². The van der Waals surface area contributed by atoms with Crippen LogP contribution in [-0.2, 0) is 9.53 Å². The molecule has 3 nitrogen and oxygen atoms in total. The molecule has 1 atom stereocenters. The molecule has 0 saturated heterocycles. The van der Waals surface area contributed by atoms with Gasteiger partial charge < -0.3 is 10.5 Å². The Balaban J connectivity index is 4.65. The molecule has 0 aliphatic rings. The molecule has 108 valence electrons. The van der Waals surface area contributed by atoms with Crippen molar-refractivity contribution < 1.29 is 22.7 Å². The number of carbonyl (C=O) groups is 1. The number of methoxy groups -OCH3 is 1. The summed E-state index contributed by atoms with van der Waals surface area (Å²) in [5.74, 6) is -0.456. The van der Waals surface area contributed by atoms with E-state index in [4.69, 9.17) is 5.73 Å². The van der Waals surface area contributed by atoms with E-state index in [-0.39, 0.29) is 19.3 Å². The predicted octanol–water partition coefficient (Wildman–Crippen LogP) is 3.03. The van der Waals surface area contributed by atoms with Crippen LogP contribution in [0.25, 0.3) is 0 Å². The summed E-state index contributed by atoms with van der Waals surface area (Å²) in [5.41, 5.74) is 4.50. The highest BCUT2D eigenvalue weighted by atomic mass is 19.4. The van der Waals surface area contributed by atoms with E-state index in [1.54, 1.807) is 20.8 Å². The molecule has 2 N–H and O–H groups in total. The second kappa shape index (κ2) is 5.91. The van der Waals surface area contributed by atoms with Crippen LogP contribution in [0.15, 0.2) is 0 Å². The molecule has 1 unspecified atom stereocenters. The highest BCUT2D eigenvalue weighted by molar-refractivity contribution is 5.70. The van der Waals surface area contributed by atoms with Gasteiger partial charge in [-0.3, -0.25) is 4.79 Å². The van der Waals surface area contributed by atoms with Crippen LogP contribution in [0, 0.1) is 5.41 Å². The van der Waals surface area contributed by atoms with Crippen LogP contribution < -0.4 is 5.73 Å². The Morgan fingerprint density at radius 3 is 2.00 bits per heavy atom. The topological polar surface area (TPSA) is 52.3 Å². The summed E-state index contributed by atoms with van der Waals surface area (Å²) >= 11 is 0. The van der Waals surface area contributed by atoms with Gasteiger partial charge in [-0.1, -0.05) is 6.92 Å². The third kappa shape index (κ3) is 5.71. The summed E-state index contributed by atoms with van der Waals surface area (Å²) in [4.78, 5) is 11.3. The van der Waals surface area contributed by atoms with Gasteiger partial charge in [0.2, 0.25) is 0 Å². The molecule has 0 radical (unpaired) electrons. The number of ether oxygens (including phenoxy) is 1. The molecule has 18 heavy (non-hydrogen) atoms. The lowest BCUT2D eigenvalue weighted by Crippen LogP contribution is -2.50. The van der Waals surface area contributed by atoms with Gasteiger partial charge in [-0.25, -0.2) is 0 Å². The zero-order chi connectivity index (χ0) is 14.6. The lowest BCUT2D eigenvalue weighted by molar-refractivity contribution is -0.145. The van der Waals surface area contributed by atoms with Crippen molar-refractivity contribution >= 4 is 5.97 Å². The number of alkyl halides is 3. The quantitative estimate of drug-likeness (QED) is 0.754. The fraction of sp³-hybridized carbons (Fsp3) is 0.917. The zero-order valence-corrected chi connectivity index (χ0v) is 11.4. The largest absolute Gasteiger partial charge is 0.469 e. The third-order valence-corrected chi connectivity index (χ3v) is 3.51. The van der Waals surface area contributed by atoms with Crippen molar-refractivity contribution in [2.24, 2.45) is 11.1 Å². The molecule has 0 amide bonds. The molecule has 0 aromatic heterocycles. The number of halogens is 3. The first-order valence-corrected chi connectivity index (χ1v) is 5.84. The second-order valence-electron chi connectivity index (χ2n) is 5.50. The molecule has 0 fully saturated rings. The minimum absolute atomic E-state index is 0.0187. The molecule has 0 aromatic carbocycles. The van der Waals surface area contributed by atoms with E-state index in [0.29, 0.717) is 0 Å². The molecule has 6 heteroatoms. The van der Waals surface area contributed by atoms with Gasteiger partial charge in [0.25, 0.3) is 0 Å². The van der Waals surface area contributed by atoms with Crippen molar-refractivity contribution in [3.8, 4) is 0 Å². The SMILES string of the molecule is COC(=O)CC(C)(CCCC(F)(F)F)C(C)(C)N. The summed E-state index contributed by atoms with van der Waals surface area (Å²) in [6.07, 6.45) is -4.83. The fourth-order valence-electron chi connectivity index (χ4n) is 1.71. The number of rotatable bonds is 6. The Labute approximate surface area is 106 Å². The number of nitrogens with two attached hydrogens (primary N) is 1. The van der Waals surface area contributed by atoms with Gasteiger partial charge in [-0.05, 0) is 32.1 Å². The molecule has 0 bridgehead atoms. The van der Waals surface area contributed by atoms with Gasteiger partial charge in [0.1, 0.15) is 0 Å². The molecule has 0 aromatic rings. The molecular formula is C12H22F3NO2. The summed E-state index contributed by atoms with van der Waals surface area (Å²) in [5, 5.41) is 0. The summed E-state index contributed by atoms with van der Waals surface area (Å²) in [7, 11) is 1.25. The Morgan fingerprint density at radius 1 is 1.17 bits per heavy atom. The molecule has 0 rings (SSSR count). The van der Waals surface area contributed by atoms with E-state index in [9.17, 15) is 18.0 Å². The summed E-state index contributed by atoms with van der Waals surface area (Å²) < 4.78 is 41.0. The van der Waals surface area contributed by atoms with E-state index >= 15 is 0 Å². The van der Waals surface area contributed by atoms with Gasteiger partial charge in [0.15, 0.2) is 0 Å². The van der Waals surface area contributed by atoms with Crippen LogP contribution in [0.1, 0.15) is 46.5 Å². The molecular weight excluding hydrogens is 247 g/mol. The Kier molecular flexibility index (Phi) is 5.65. The van der Waals surface area contributed by atoms with Crippen LogP contribution in [0.2, 0.25) is 0 Å². The Hall–Kier alpha value is -0.780. The van der Waals surface area contributed by atoms with Crippen molar-refractivity contribution in [3.05, 3.63) is 0 Å². The minimum atomic E-state index is -4.18. The maximum Gasteiger partial charge on any atom is 0.389 e. The third-order valence-electron chi connectivity index (χ3n) is 3.51. The highest BCUT2D eigenvalue weighted by Gasteiger charge is 2.40. The minimum Gasteiger partial charge on any atom is -0.469 e.